The minimum Gasteiger partial charge on any atom is -0.306 e. The molecule has 1 aliphatic heterocycles. The lowest BCUT2D eigenvalue weighted by atomic mass is 10.1. The number of hydrogen-bond donors (Lipinski definition) is 1. The van der Waals surface area contributed by atoms with Crippen LogP contribution in [0.4, 0.5) is 0 Å². The van der Waals surface area contributed by atoms with E-state index in [9.17, 15) is 13.2 Å². The van der Waals surface area contributed by atoms with E-state index in [4.69, 9.17) is 0 Å². The van der Waals surface area contributed by atoms with Gasteiger partial charge in [-0.15, -0.1) is 0 Å². The molecular formula is C21H21N3O3S. The number of sulfonamides is 1. The molecule has 0 unspecified atom stereocenters. The molecule has 1 aromatic heterocycles. The largest absolute Gasteiger partial charge is 0.306 e. The van der Waals surface area contributed by atoms with Gasteiger partial charge in [-0.05, 0) is 24.1 Å². The summed E-state index contributed by atoms with van der Waals surface area (Å²) in [4.78, 5) is 20.3. The molecule has 0 saturated heterocycles. The molecule has 2 aromatic carbocycles. The van der Waals surface area contributed by atoms with Crippen molar-refractivity contribution < 1.29 is 8.42 Å². The average Bonchev–Trinajstić information content (AvgIpc) is 2.74. The van der Waals surface area contributed by atoms with E-state index in [1.54, 1.807) is 30.3 Å². The molecule has 0 fully saturated rings. The van der Waals surface area contributed by atoms with Gasteiger partial charge in [0.2, 0.25) is 10.0 Å². The Labute approximate surface area is 163 Å². The molecule has 0 saturated carbocycles. The standard InChI is InChI=1S/C21H21N3O3S/c1-2-15-8-10-16(11-9-15)20-22-19-12-13-24(14-18(19)21(25)23-20)28(26,27)17-6-4-3-5-7-17/h3-11H,2,12-14H2,1H3,(H,22,23,25). The van der Waals surface area contributed by atoms with Crippen molar-refractivity contribution in [3.8, 4) is 11.4 Å². The van der Waals surface area contributed by atoms with Crippen LogP contribution in [0.5, 0.6) is 0 Å². The third-order valence-electron chi connectivity index (χ3n) is 5.05. The molecule has 3 aromatic rings. The Morgan fingerprint density at radius 3 is 2.46 bits per heavy atom. The van der Waals surface area contributed by atoms with E-state index in [0.29, 0.717) is 30.0 Å². The number of fused-ring (bicyclic) bond motifs is 1. The first kappa shape index (κ1) is 18.6. The summed E-state index contributed by atoms with van der Waals surface area (Å²) in [6.45, 7) is 2.42. The fourth-order valence-electron chi connectivity index (χ4n) is 3.38. The highest BCUT2D eigenvalue weighted by Crippen LogP contribution is 2.24. The molecule has 2 heterocycles. The van der Waals surface area contributed by atoms with Gasteiger partial charge in [0, 0.05) is 25.1 Å². The van der Waals surface area contributed by atoms with Gasteiger partial charge in [-0.3, -0.25) is 4.79 Å². The monoisotopic (exact) mass is 395 g/mol. The molecule has 7 heteroatoms. The first-order chi connectivity index (χ1) is 13.5. The summed E-state index contributed by atoms with van der Waals surface area (Å²) in [6.07, 6.45) is 1.35. The number of aromatic nitrogens is 2. The van der Waals surface area contributed by atoms with Crippen LogP contribution in [0.25, 0.3) is 11.4 Å². The second-order valence-electron chi connectivity index (χ2n) is 6.79. The molecule has 0 amide bonds. The minimum atomic E-state index is -3.64. The van der Waals surface area contributed by atoms with Crippen molar-refractivity contribution in [3.05, 3.63) is 81.8 Å². The first-order valence-corrected chi connectivity index (χ1v) is 10.7. The number of nitrogens with one attached hydrogen (secondary N) is 1. The smallest absolute Gasteiger partial charge is 0.255 e. The zero-order valence-corrected chi connectivity index (χ0v) is 16.4. The SMILES string of the molecule is CCc1ccc(-c2nc3c(c(=O)[nH]2)CN(S(=O)(=O)c2ccccc2)CC3)cc1. The predicted octanol–water partition coefficient (Wildman–Crippen LogP) is 2.75. The lowest BCUT2D eigenvalue weighted by Crippen LogP contribution is -2.39. The van der Waals surface area contributed by atoms with Gasteiger partial charge < -0.3 is 4.98 Å². The summed E-state index contributed by atoms with van der Waals surface area (Å²) in [5.41, 5.74) is 2.85. The quantitative estimate of drug-likeness (QED) is 0.736. The fraction of sp³-hybridized carbons (Fsp3) is 0.238. The van der Waals surface area contributed by atoms with Crippen LogP contribution in [0.2, 0.25) is 0 Å². The van der Waals surface area contributed by atoms with Gasteiger partial charge in [-0.25, -0.2) is 13.4 Å². The van der Waals surface area contributed by atoms with E-state index >= 15 is 0 Å². The Balaban J connectivity index is 1.66. The highest BCUT2D eigenvalue weighted by atomic mass is 32.2. The van der Waals surface area contributed by atoms with Crippen molar-refractivity contribution in [2.24, 2.45) is 0 Å². The Morgan fingerprint density at radius 2 is 1.79 bits per heavy atom. The maximum Gasteiger partial charge on any atom is 0.255 e. The summed E-state index contributed by atoms with van der Waals surface area (Å²) in [6, 6.07) is 16.2. The molecule has 1 N–H and O–H groups in total. The molecule has 0 aliphatic carbocycles. The number of hydrogen-bond acceptors (Lipinski definition) is 4. The van der Waals surface area contributed by atoms with Crippen LogP contribution in [0.1, 0.15) is 23.7 Å². The highest BCUT2D eigenvalue weighted by Gasteiger charge is 2.30. The summed E-state index contributed by atoms with van der Waals surface area (Å²) < 4.78 is 27.0. The molecule has 6 nitrogen and oxygen atoms in total. The zero-order valence-electron chi connectivity index (χ0n) is 15.6. The topological polar surface area (TPSA) is 83.1 Å². The second kappa shape index (κ2) is 7.33. The van der Waals surface area contributed by atoms with Gasteiger partial charge in [0.15, 0.2) is 0 Å². The number of benzene rings is 2. The average molecular weight is 395 g/mol. The van der Waals surface area contributed by atoms with Gasteiger partial charge in [0.25, 0.3) is 5.56 Å². The van der Waals surface area contributed by atoms with E-state index in [1.165, 1.54) is 9.87 Å². The Bertz CT molecular complexity index is 1150. The second-order valence-corrected chi connectivity index (χ2v) is 8.73. The van der Waals surface area contributed by atoms with E-state index < -0.39 is 10.0 Å². The summed E-state index contributed by atoms with van der Waals surface area (Å²) in [5, 5.41) is 0. The van der Waals surface area contributed by atoms with Gasteiger partial charge >= 0.3 is 0 Å². The van der Waals surface area contributed by atoms with Crippen LogP contribution in [0, 0.1) is 0 Å². The van der Waals surface area contributed by atoms with Crippen LogP contribution >= 0.6 is 0 Å². The lowest BCUT2D eigenvalue weighted by molar-refractivity contribution is 0.385. The van der Waals surface area contributed by atoms with Crippen molar-refractivity contribution in [1.29, 1.82) is 0 Å². The van der Waals surface area contributed by atoms with Crippen molar-refractivity contribution >= 4 is 10.0 Å². The summed E-state index contributed by atoms with van der Waals surface area (Å²) >= 11 is 0. The maximum atomic E-state index is 12.9. The molecular weight excluding hydrogens is 374 g/mol. The Hall–Kier alpha value is -2.77. The maximum absolute atomic E-state index is 12.9. The van der Waals surface area contributed by atoms with E-state index in [1.807, 2.05) is 24.3 Å². The number of nitrogens with zero attached hydrogens (tertiary/aromatic N) is 2. The molecule has 0 atom stereocenters. The number of H-pyrrole nitrogens is 1. The van der Waals surface area contributed by atoms with Crippen LogP contribution in [-0.2, 0) is 29.4 Å². The molecule has 0 radical (unpaired) electrons. The molecule has 4 rings (SSSR count). The molecule has 0 bridgehead atoms. The number of aryl methyl sites for hydroxylation is 1. The van der Waals surface area contributed by atoms with Crippen molar-refractivity contribution in [1.82, 2.24) is 14.3 Å². The molecule has 28 heavy (non-hydrogen) atoms. The van der Waals surface area contributed by atoms with E-state index in [-0.39, 0.29) is 17.0 Å². The Kier molecular flexibility index (Phi) is 4.87. The van der Waals surface area contributed by atoms with Crippen molar-refractivity contribution in [2.45, 2.75) is 31.2 Å². The van der Waals surface area contributed by atoms with Crippen LogP contribution < -0.4 is 5.56 Å². The van der Waals surface area contributed by atoms with Crippen LogP contribution in [-0.4, -0.2) is 29.2 Å². The van der Waals surface area contributed by atoms with Gasteiger partial charge in [0.05, 0.1) is 16.2 Å². The predicted molar refractivity (Wildman–Crippen MR) is 107 cm³/mol. The van der Waals surface area contributed by atoms with E-state index in [0.717, 1.165) is 12.0 Å². The fourth-order valence-corrected chi connectivity index (χ4v) is 4.81. The van der Waals surface area contributed by atoms with Crippen molar-refractivity contribution in [2.75, 3.05) is 6.54 Å². The molecule has 144 valence electrons. The van der Waals surface area contributed by atoms with Gasteiger partial charge in [0.1, 0.15) is 5.82 Å². The van der Waals surface area contributed by atoms with Gasteiger partial charge in [-0.1, -0.05) is 49.4 Å². The molecule has 1 aliphatic rings. The van der Waals surface area contributed by atoms with Crippen LogP contribution in [0.3, 0.4) is 0 Å². The summed E-state index contributed by atoms with van der Waals surface area (Å²) in [5.74, 6) is 0.519. The third-order valence-corrected chi connectivity index (χ3v) is 6.91. The minimum absolute atomic E-state index is 0.0317. The van der Waals surface area contributed by atoms with Gasteiger partial charge in [-0.2, -0.15) is 4.31 Å². The summed E-state index contributed by atoms with van der Waals surface area (Å²) in [7, 11) is -3.64. The zero-order chi connectivity index (χ0) is 19.7. The lowest BCUT2D eigenvalue weighted by Gasteiger charge is -2.27. The number of aromatic amines is 1. The first-order valence-electron chi connectivity index (χ1n) is 9.25. The normalized spacial score (nSPS) is 14.6. The third kappa shape index (κ3) is 3.39. The molecule has 0 spiro atoms. The number of rotatable bonds is 4. The van der Waals surface area contributed by atoms with E-state index in [2.05, 4.69) is 16.9 Å². The Morgan fingerprint density at radius 1 is 1.07 bits per heavy atom. The highest BCUT2D eigenvalue weighted by molar-refractivity contribution is 7.89. The van der Waals surface area contributed by atoms with Crippen molar-refractivity contribution in [3.63, 3.8) is 0 Å². The van der Waals surface area contributed by atoms with Crippen LogP contribution in [0.15, 0.2) is 64.3 Å².